The smallest absolute Gasteiger partial charge is 0.410 e. The Kier molecular flexibility index (Phi) is 6.59. The summed E-state index contributed by atoms with van der Waals surface area (Å²) in [5, 5.41) is 9.19. The predicted molar refractivity (Wildman–Crippen MR) is 139 cm³/mol. The van der Waals surface area contributed by atoms with Gasteiger partial charge in [0.2, 0.25) is 0 Å². The third-order valence-electron chi connectivity index (χ3n) is 6.07. The van der Waals surface area contributed by atoms with Crippen molar-refractivity contribution >= 4 is 22.9 Å². The molecule has 4 aromatic rings. The lowest BCUT2D eigenvalue weighted by Gasteiger charge is -2.29. The number of amides is 1. The Bertz CT molecular complexity index is 1390. The summed E-state index contributed by atoms with van der Waals surface area (Å²) in [6.45, 7) is 9.39. The quantitative estimate of drug-likeness (QED) is 0.392. The molecule has 0 aromatic carbocycles. The molecule has 1 saturated heterocycles. The van der Waals surface area contributed by atoms with E-state index in [4.69, 9.17) is 24.5 Å². The van der Waals surface area contributed by atoms with Gasteiger partial charge in [-0.15, -0.1) is 0 Å². The van der Waals surface area contributed by atoms with Gasteiger partial charge in [-0.25, -0.2) is 19.4 Å². The SMILES string of the molecule is CN(CCn1cnc2c(N3CCOCC3)cc(-n3ccc(-c4ccn(C)n4)n3)nc21)C(=O)OC(C)(C)C. The Balaban J connectivity index is 1.47. The van der Waals surface area contributed by atoms with Crippen LogP contribution in [0.4, 0.5) is 10.5 Å². The monoisotopic (exact) mass is 507 g/mol. The Morgan fingerprint density at radius 2 is 1.86 bits per heavy atom. The second kappa shape index (κ2) is 9.85. The van der Waals surface area contributed by atoms with Gasteiger partial charge >= 0.3 is 6.09 Å². The van der Waals surface area contributed by atoms with Crippen molar-refractivity contribution in [1.29, 1.82) is 0 Å². The summed E-state index contributed by atoms with van der Waals surface area (Å²) < 4.78 is 16.5. The molecule has 1 aliphatic rings. The fourth-order valence-electron chi connectivity index (χ4n) is 4.16. The van der Waals surface area contributed by atoms with E-state index in [-0.39, 0.29) is 6.09 Å². The van der Waals surface area contributed by atoms with Crippen molar-refractivity contribution in [3.05, 3.63) is 36.9 Å². The van der Waals surface area contributed by atoms with Crippen LogP contribution in [0.1, 0.15) is 20.8 Å². The van der Waals surface area contributed by atoms with Crippen LogP contribution in [0.5, 0.6) is 0 Å². The van der Waals surface area contributed by atoms with Gasteiger partial charge in [-0.1, -0.05) is 0 Å². The second-order valence-electron chi connectivity index (χ2n) is 10.1. The van der Waals surface area contributed by atoms with E-state index in [1.165, 1.54) is 0 Å². The van der Waals surface area contributed by atoms with Crippen LogP contribution in [0.25, 0.3) is 28.4 Å². The fourth-order valence-corrected chi connectivity index (χ4v) is 4.16. The fraction of sp³-hybridized carbons (Fsp3) is 0.480. The maximum atomic E-state index is 12.4. The number of imidazole rings is 1. The first kappa shape index (κ1) is 24.8. The van der Waals surface area contributed by atoms with Gasteiger partial charge in [0.15, 0.2) is 11.5 Å². The highest BCUT2D eigenvalue weighted by Gasteiger charge is 2.22. The number of ether oxygens (including phenoxy) is 2. The Labute approximate surface area is 215 Å². The summed E-state index contributed by atoms with van der Waals surface area (Å²) in [5.74, 6) is 0.679. The van der Waals surface area contributed by atoms with E-state index in [1.807, 2.05) is 63.0 Å². The first-order valence-electron chi connectivity index (χ1n) is 12.4. The molecule has 0 unspecified atom stereocenters. The molecule has 5 heterocycles. The van der Waals surface area contributed by atoms with Crippen molar-refractivity contribution in [2.24, 2.45) is 7.05 Å². The first-order valence-corrected chi connectivity index (χ1v) is 12.4. The van der Waals surface area contributed by atoms with Gasteiger partial charge in [0, 0.05) is 58.7 Å². The van der Waals surface area contributed by atoms with Gasteiger partial charge in [0.1, 0.15) is 22.5 Å². The second-order valence-corrected chi connectivity index (χ2v) is 10.1. The van der Waals surface area contributed by atoms with Crippen LogP contribution in [0.3, 0.4) is 0 Å². The summed E-state index contributed by atoms with van der Waals surface area (Å²) >= 11 is 0. The van der Waals surface area contributed by atoms with Crippen LogP contribution >= 0.6 is 0 Å². The molecule has 1 fully saturated rings. The molecule has 0 saturated carbocycles. The van der Waals surface area contributed by atoms with Crippen LogP contribution < -0.4 is 4.90 Å². The van der Waals surface area contributed by atoms with Crippen LogP contribution in [0.2, 0.25) is 0 Å². The summed E-state index contributed by atoms with van der Waals surface area (Å²) in [6, 6.07) is 5.88. The van der Waals surface area contributed by atoms with Gasteiger partial charge in [0.25, 0.3) is 0 Å². The molecule has 5 rings (SSSR count). The van der Waals surface area contributed by atoms with Gasteiger partial charge in [-0.05, 0) is 32.9 Å². The minimum atomic E-state index is -0.547. The van der Waals surface area contributed by atoms with Gasteiger partial charge in [0.05, 0.1) is 25.2 Å². The zero-order chi connectivity index (χ0) is 26.2. The lowest BCUT2D eigenvalue weighted by Crippen LogP contribution is -2.36. The molecule has 196 valence electrons. The Morgan fingerprint density at radius 1 is 1.14 bits per heavy atom. The predicted octanol–water partition coefficient (Wildman–Crippen LogP) is 2.72. The van der Waals surface area contributed by atoms with E-state index in [9.17, 15) is 4.79 Å². The molecule has 0 bridgehead atoms. The largest absolute Gasteiger partial charge is 0.444 e. The van der Waals surface area contributed by atoms with Crippen LogP contribution in [-0.2, 0) is 23.1 Å². The number of hydrogen-bond donors (Lipinski definition) is 0. The molecular formula is C25H33N9O3. The molecule has 1 amide bonds. The number of fused-ring (bicyclic) bond motifs is 1. The van der Waals surface area contributed by atoms with E-state index in [0.717, 1.165) is 41.3 Å². The molecule has 0 N–H and O–H groups in total. The van der Waals surface area contributed by atoms with Crippen molar-refractivity contribution in [2.75, 3.05) is 44.8 Å². The highest BCUT2D eigenvalue weighted by atomic mass is 16.6. The Hall–Kier alpha value is -3.93. The van der Waals surface area contributed by atoms with Crippen molar-refractivity contribution in [3.8, 4) is 17.2 Å². The standard InChI is InChI=1S/C25H33N9O3/c1-25(2,3)37-24(35)30(4)10-11-33-17-26-22-20(32-12-14-36-15-13-32)16-21(27-23(22)33)34-9-7-19(29-34)18-6-8-31(5)28-18/h6-9,16-17H,10-15H2,1-5H3. The van der Waals surface area contributed by atoms with E-state index in [1.54, 1.807) is 27.6 Å². The zero-order valence-corrected chi connectivity index (χ0v) is 22.0. The maximum absolute atomic E-state index is 12.4. The number of hydrogen-bond acceptors (Lipinski definition) is 8. The van der Waals surface area contributed by atoms with Crippen molar-refractivity contribution < 1.29 is 14.3 Å². The highest BCUT2D eigenvalue weighted by molar-refractivity contribution is 5.87. The number of morpholine rings is 1. The molecular weight excluding hydrogens is 474 g/mol. The Morgan fingerprint density at radius 3 is 2.57 bits per heavy atom. The number of nitrogens with zero attached hydrogens (tertiary/aromatic N) is 9. The van der Waals surface area contributed by atoms with Gasteiger partial charge < -0.3 is 23.8 Å². The number of likely N-dealkylation sites (N-methyl/N-ethyl adjacent to an activating group) is 1. The number of rotatable bonds is 6. The number of carbonyl (C=O) groups excluding carboxylic acids is 1. The van der Waals surface area contributed by atoms with Crippen molar-refractivity contribution in [1.82, 2.24) is 39.0 Å². The topological polar surface area (TPSA) is 108 Å². The van der Waals surface area contributed by atoms with Crippen LogP contribution in [0.15, 0.2) is 36.9 Å². The highest BCUT2D eigenvalue weighted by Crippen LogP contribution is 2.28. The van der Waals surface area contributed by atoms with Crippen molar-refractivity contribution in [3.63, 3.8) is 0 Å². The van der Waals surface area contributed by atoms with E-state index in [0.29, 0.717) is 32.1 Å². The minimum Gasteiger partial charge on any atom is -0.444 e. The third-order valence-corrected chi connectivity index (χ3v) is 6.07. The number of anilines is 1. The molecule has 0 radical (unpaired) electrons. The van der Waals surface area contributed by atoms with Crippen LogP contribution in [-0.4, -0.2) is 90.6 Å². The molecule has 37 heavy (non-hydrogen) atoms. The summed E-state index contributed by atoms with van der Waals surface area (Å²) in [4.78, 5) is 25.9. The lowest BCUT2D eigenvalue weighted by atomic mass is 10.2. The van der Waals surface area contributed by atoms with Gasteiger partial charge in [-0.3, -0.25) is 4.68 Å². The maximum Gasteiger partial charge on any atom is 0.410 e. The summed E-state index contributed by atoms with van der Waals surface area (Å²) in [5.41, 5.74) is 3.54. The summed E-state index contributed by atoms with van der Waals surface area (Å²) in [7, 11) is 3.61. The average Bonchev–Trinajstić information content (AvgIpc) is 3.61. The molecule has 0 aliphatic carbocycles. The van der Waals surface area contributed by atoms with E-state index >= 15 is 0 Å². The zero-order valence-electron chi connectivity index (χ0n) is 22.0. The van der Waals surface area contributed by atoms with E-state index < -0.39 is 5.60 Å². The third kappa shape index (κ3) is 5.43. The van der Waals surface area contributed by atoms with Crippen LogP contribution in [0, 0.1) is 0 Å². The summed E-state index contributed by atoms with van der Waals surface area (Å²) in [6.07, 6.45) is 5.19. The first-order chi connectivity index (χ1) is 17.7. The molecule has 0 spiro atoms. The number of carbonyl (C=O) groups is 1. The normalized spacial score (nSPS) is 14.4. The molecule has 0 atom stereocenters. The van der Waals surface area contributed by atoms with Crippen molar-refractivity contribution in [2.45, 2.75) is 32.9 Å². The molecule has 12 heteroatoms. The molecule has 4 aromatic heterocycles. The minimum absolute atomic E-state index is 0.363. The molecule has 12 nitrogen and oxygen atoms in total. The lowest BCUT2D eigenvalue weighted by molar-refractivity contribution is 0.0294. The number of aromatic nitrogens is 7. The molecule has 1 aliphatic heterocycles. The van der Waals surface area contributed by atoms with E-state index in [2.05, 4.69) is 10.00 Å². The average molecular weight is 508 g/mol. The van der Waals surface area contributed by atoms with Gasteiger partial charge in [-0.2, -0.15) is 10.2 Å². The number of pyridine rings is 1. The number of aryl methyl sites for hydroxylation is 1.